The summed E-state index contributed by atoms with van der Waals surface area (Å²) in [5.41, 5.74) is 1.31. The van der Waals surface area contributed by atoms with Crippen molar-refractivity contribution in [3.63, 3.8) is 0 Å². The number of hydrogen-bond acceptors (Lipinski definition) is 3. The highest BCUT2D eigenvalue weighted by Gasteiger charge is 2.08. The van der Waals surface area contributed by atoms with Crippen molar-refractivity contribution in [1.29, 1.82) is 0 Å². The molecule has 2 aromatic rings. The van der Waals surface area contributed by atoms with E-state index in [1.165, 1.54) is 19.3 Å². The molecule has 2 aromatic carbocycles. The lowest BCUT2D eigenvalue weighted by molar-refractivity contribution is 0.0977. The van der Waals surface area contributed by atoms with E-state index in [-0.39, 0.29) is 11.0 Å². The second-order valence-electron chi connectivity index (χ2n) is 5.86. The Labute approximate surface area is 168 Å². The molecule has 0 aliphatic carbocycles. The van der Waals surface area contributed by atoms with Crippen LogP contribution in [0.1, 0.15) is 43.0 Å². The molecule has 0 unspecified atom stereocenters. The summed E-state index contributed by atoms with van der Waals surface area (Å²) in [6.07, 6.45) is 4.67. The number of benzene rings is 2. The SMILES string of the molecule is CCCCCCOc1cccc(NC(=S)NC(=O)c2cccc(Br)c2)c1. The highest BCUT2D eigenvalue weighted by molar-refractivity contribution is 9.10. The molecular formula is C20H23BrN2O2S. The zero-order valence-corrected chi connectivity index (χ0v) is 17.2. The molecule has 0 bridgehead atoms. The van der Waals surface area contributed by atoms with Gasteiger partial charge in [-0.3, -0.25) is 10.1 Å². The Balaban J connectivity index is 1.84. The summed E-state index contributed by atoms with van der Waals surface area (Å²) in [6, 6.07) is 14.7. The van der Waals surface area contributed by atoms with Crippen LogP contribution in [-0.2, 0) is 0 Å². The van der Waals surface area contributed by atoms with Gasteiger partial charge in [0.2, 0.25) is 0 Å². The fourth-order valence-electron chi connectivity index (χ4n) is 2.35. The lowest BCUT2D eigenvalue weighted by Gasteiger charge is -2.11. The van der Waals surface area contributed by atoms with Gasteiger partial charge >= 0.3 is 0 Å². The van der Waals surface area contributed by atoms with Gasteiger partial charge in [0.25, 0.3) is 5.91 Å². The number of rotatable bonds is 8. The number of amides is 1. The smallest absolute Gasteiger partial charge is 0.257 e. The van der Waals surface area contributed by atoms with Crippen LogP contribution in [0.3, 0.4) is 0 Å². The third-order valence-electron chi connectivity index (χ3n) is 3.67. The predicted octanol–water partition coefficient (Wildman–Crippen LogP) is 5.54. The van der Waals surface area contributed by atoms with Crippen molar-refractivity contribution in [2.45, 2.75) is 32.6 Å². The van der Waals surface area contributed by atoms with E-state index in [1.807, 2.05) is 30.3 Å². The van der Waals surface area contributed by atoms with Gasteiger partial charge in [-0.1, -0.05) is 54.2 Å². The molecule has 0 aliphatic rings. The summed E-state index contributed by atoms with van der Waals surface area (Å²) >= 11 is 8.58. The highest BCUT2D eigenvalue weighted by atomic mass is 79.9. The van der Waals surface area contributed by atoms with Crippen LogP contribution in [0.4, 0.5) is 5.69 Å². The van der Waals surface area contributed by atoms with Gasteiger partial charge in [-0.2, -0.15) is 0 Å². The molecule has 6 heteroatoms. The van der Waals surface area contributed by atoms with E-state index in [0.717, 1.165) is 22.3 Å². The summed E-state index contributed by atoms with van der Waals surface area (Å²) in [5.74, 6) is 0.528. The van der Waals surface area contributed by atoms with Crippen molar-refractivity contribution in [3.8, 4) is 5.75 Å². The summed E-state index contributed by atoms with van der Waals surface area (Å²) in [6.45, 7) is 2.89. The Hall–Kier alpha value is -1.92. The van der Waals surface area contributed by atoms with Gasteiger partial charge in [-0.25, -0.2) is 0 Å². The van der Waals surface area contributed by atoms with Crippen molar-refractivity contribution in [3.05, 3.63) is 58.6 Å². The maximum Gasteiger partial charge on any atom is 0.257 e. The van der Waals surface area contributed by atoms with E-state index >= 15 is 0 Å². The first-order valence-electron chi connectivity index (χ1n) is 8.69. The first kappa shape index (κ1) is 20.4. The quantitative estimate of drug-likeness (QED) is 0.423. The average Bonchev–Trinajstić information content (AvgIpc) is 2.61. The summed E-state index contributed by atoms with van der Waals surface area (Å²) in [5, 5.41) is 5.94. The van der Waals surface area contributed by atoms with E-state index in [2.05, 4.69) is 33.5 Å². The molecule has 0 aliphatic heterocycles. The number of halogens is 1. The van der Waals surface area contributed by atoms with Crippen molar-refractivity contribution >= 4 is 44.9 Å². The number of thiocarbonyl (C=S) groups is 1. The summed E-state index contributed by atoms with van der Waals surface area (Å²) in [7, 11) is 0. The molecule has 4 nitrogen and oxygen atoms in total. The van der Waals surface area contributed by atoms with Crippen molar-refractivity contribution in [2.75, 3.05) is 11.9 Å². The minimum absolute atomic E-state index is 0.245. The Bertz CT molecular complexity index is 752. The minimum atomic E-state index is -0.257. The number of hydrogen-bond donors (Lipinski definition) is 2. The van der Waals surface area contributed by atoms with Gasteiger partial charge in [-0.15, -0.1) is 0 Å². The van der Waals surface area contributed by atoms with E-state index in [4.69, 9.17) is 17.0 Å². The minimum Gasteiger partial charge on any atom is -0.494 e. The Morgan fingerprint density at radius 3 is 2.69 bits per heavy atom. The van der Waals surface area contributed by atoms with Crippen LogP contribution in [0, 0.1) is 0 Å². The maximum atomic E-state index is 12.2. The van der Waals surface area contributed by atoms with Crippen LogP contribution >= 0.6 is 28.1 Å². The van der Waals surface area contributed by atoms with Crippen LogP contribution in [0.15, 0.2) is 53.0 Å². The Morgan fingerprint density at radius 2 is 1.92 bits per heavy atom. The van der Waals surface area contributed by atoms with Gasteiger partial charge in [0.15, 0.2) is 5.11 Å². The average molecular weight is 435 g/mol. The fourth-order valence-corrected chi connectivity index (χ4v) is 2.96. The first-order valence-corrected chi connectivity index (χ1v) is 9.89. The topological polar surface area (TPSA) is 50.4 Å². The lowest BCUT2D eigenvalue weighted by atomic mass is 10.2. The summed E-state index contributed by atoms with van der Waals surface area (Å²) < 4.78 is 6.60. The van der Waals surface area contributed by atoms with Gasteiger partial charge in [0, 0.05) is 21.8 Å². The van der Waals surface area contributed by atoms with Crippen molar-refractivity contribution in [2.24, 2.45) is 0 Å². The number of carbonyl (C=O) groups is 1. The normalized spacial score (nSPS) is 10.2. The molecule has 1 amide bonds. The van der Waals surface area contributed by atoms with Gasteiger partial charge in [-0.05, 0) is 49.0 Å². The van der Waals surface area contributed by atoms with Crippen molar-refractivity contribution in [1.82, 2.24) is 5.32 Å². The standard InChI is InChI=1S/C20H23BrN2O2S/c1-2-3-4-5-12-25-18-11-7-10-17(14-18)22-20(26)23-19(24)15-8-6-9-16(21)13-15/h6-11,13-14H,2-5,12H2,1H3,(H2,22,23,24,26). The molecule has 0 fully saturated rings. The van der Waals surface area contributed by atoms with Crippen LogP contribution in [0.5, 0.6) is 5.75 Å². The number of nitrogens with one attached hydrogen (secondary N) is 2. The van der Waals surface area contributed by atoms with Crippen LogP contribution in [-0.4, -0.2) is 17.6 Å². The fraction of sp³-hybridized carbons (Fsp3) is 0.300. The largest absolute Gasteiger partial charge is 0.494 e. The van der Waals surface area contributed by atoms with E-state index in [9.17, 15) is 4.79 Å². The second kappa shape index (κ2) is 10.9. The Kier molecular flexibility index (Phi) is 8.58. The number of unbranched alkanes of at least 4 members (excludes halogenated alkanes) is 3. The van der Waals surface area contributed by atoms with Gasteiger partial charge in [0.1, 0.15) is 5.75 Å². The van der Waals surface area contributed by atoms with E-state index < -0.39 is 0 Å². The zero-order valence-electron chi connectivity index (χ0n) is 14.8. The molecule has 0 spiro atoms. The monoisotopic (exact) mass is 434 g/mol. The van der Waals surface area contributed by atoms with Crippen LogP contribution < -0.4 is 15.4 Å². The third kappa shape index (κ3) is 7.14. The van der Waals surface area contributed by atoms with E-state index in [0.29, 0.717) is 12.2 Å². The molecular weight excluding hydrogens is 412 g/mol. The van der Waals surface area contributed by atoms with E-state index in [1.54, 1.807) is 18.2 Å². The molecule has 26 heavy (non-hydrogen) atoms. The number of anilines is 1. The predicted molar refractivity (Wildman–Crippen MR) is 114 cm³/mol. The van der Waals surface area contributed by atoms with Crippen LogP contribution in [0.2, 0.25) is 0 Å². The molecule has 2 rings (SSSR count). The third-order valence-corrected chi connectivity index (χ3v) is 4.37. The van der Waals surface area contributed by atoms with Crippen molar-refractivity contribution < 1.29 is 9.53 Å². The molecule has 138 valence electrons. The molecule has 0 heterocycles. The van der Waals surface area contributed by atoms with Gasteiger partial charge < -0.3 is 10.1 Å². The second-order valence-corrected chi connectivity index (χ2v) is 7.18. The first-order chi connectivity index (χ1) is 12.6. The summed E-state index contributed by atoms with van der Waals surface area (Å²) in [4.78, 5) is 12.2. The highest BCUT2D eigenvalue weighted by Crippen LogP contribution is 2.18. The Morgan fingerprint density at radius 1 is 1.12 bits per heavy atom. The number of carbonyl (C=O) groups excluding carboxylic acids is 1. The lowest BCUT2D eigenvalue weighted by Crippen LogP contribution is -2.34. The molecule has 0 atom stereocenters. The van der Waals surface area contributed by atoms with Crippen LogP contribution in [0.25, 0.3) is 0 Å². The number of ether oxygens (including phenoxy) is 1. The molecule has 0 radical (unpaired) electrons. The molecule has 0 saturated heterocycles. The molecule has 0 aromatic heterocycles. The van der Waals surface area contributed by atoms with Gasteiger partial charge in [0.05, 0.1) is 6.61 Å². The maximum absolute atomic E-state index is 12.2. The zero-order chi connectivity index (χ0) is 18.8. The molecule has 2 N–H and O–H groups in total. The molecule has 0 saturated carbocycles.